The second-order valence-electron chi connectivity index (χ2n) is 7.83. The topological polar surface area (TPSA) is 76.7 Å². The number of rotatable bonds is 4. The maximum Gasteiger partial charge on any atom is 0.433 e. The predicted octanol–water partition coefficient (Wildman–Crippen LogP) is 4.10. The summed E-state index contributed by atoms with van der Waals surface area (Å²) in [5.74, 6) is 1.56. The van der Waals surface area contributed by atoms with E-state index >= 15 is 0 Å². The first-order valence-corrected chi connectivity index (χ1v) is 10.2. The number of ether oxygens (including phenoxy) is 3. The molecule has 1 N–H and O–H groups in total. The zero-order valence-corrected chi connectivity index (χ0v) is 16.9. The minimum Gasteiger partial charge on any atom is -0.484 e. The summed E-state index contributed by atoms with van der Waals surface area (Å²) in [6.07, 6.45) is -2.87. The molecule has 1 atom stereocenters. The molecule has 7 nitrogen and oxygen atoms in total. The number of carbonyl (C=O) groups excluding carboxylic acids is 1. The monoisotopic (exact) mass is 447 g/mol. The van der Waals surface area contributed by atoms with E-state index in [0.717, 1.165) is 24.6 Å². The number of benzene rings is 1. The average Bonchev–Trinajstić information content (AvgIpc) is 3.42. The van der Waals surface area contributed by atoms with E-state index in [-0.39, 0.29) is 30.7 Å². The summed E-state index contributed by atoms with van der Waals surface area (Å²) < 4.78 is 55.0. The fourth-order valence-electron chi connectivity index (χ4n) is 4.07. The third-order valence-electron chi connectivity index (χ3n) is 5.71. The molecule has 0 unspecified atom stereocenters. The van der Waals surface area contributed by atoms with Crippen molar-refractivity contribution < 1.29 is 32.2 Å². The summed E-state index contributed by atoms with van der Waals surface area (Å²) >= 11 is 0. The van der Waals surface area contributed by atoms with E-state index in [1.807, 2.05) is 0 Å². The number of fused-ring (bicyclic) bond motifs is 2. The molecule has 2 aliphatic rings. The lowest BCUT2D eigenvalue weighted by atomic mass is 9.95. The van der Waals surface area contributed by atoms with E-state index in [9.17, 15) is 18.0 Å². The van der Waals surface area contributed by atoms with Gasteiger partial charge in [-0.25, -0.2) is 4.98 Å². The zero-order chi connectivity index (χ0) is 22.3. The highest BCUT2D eigenvalue weighted by atomic mass is 19.4. The Morgan fingerprint density at radius 1 is 1.19 bits per heavy atom. The zero-order valence-electron chi connectivity index (χ0n) is 16.9. The molecule has 4 heterocycles. The lowest BCUT2D eigenvalue weighted by molar-refractivity contribution is -0.141. The first kappa shape index (κ1) is 20.5. The van der Waals surface area contributed by atoms with Crippen molar-refractivity contribution in [1.29, 1.82) is 0 Å². The maximum atomic E-state index is 12.9. The molecule has 0 aliphatic carbocycles. The van der Waals surface area contributed by atoms with Crippen LogP contribution in [-0.4, -0.2) is 47.3 Å². The van der Waals surface area contributed by atoms with Gasteiger partial charge in [-0.1, -0.05) is 0 Å². The molecule has 3 aromatic rings. The molecule has 0 saturated carbocycles. The number of aromatic amines is 1. The number of amides is 1. The number of piperidine rings is 1. The van der Waals surface area contributed by atoms with Crippen LogP contribution in [-0.2, 0) is 11.0 Å². The van der Waals surface area contributed by atoms with Crippen molar-refractivity contribution >= 4 is 16.9 Å². The number of likely N-dealkylation sites (tertiary alicyclic amines) is 1. The van der Waals surface area contributed by atoms with Gasteiger partial charge in [-0.05, 0) is 43.2 Å². The van der Waals surface area contributed by atoms with Crippen LogP contribution in [0.4, 0.5) is 13.2 Å². The van der Waals surface area contributed by atoms with Crippen LogP contribution in [0.2, 0.25) is 0 Å². The molecule has 5 rings (SSSR count). The SMILES string of the molecule is O=C(COc1ccc2c(c1)OCO2)N1CCC[C@@H](c2cc3nc(C(F)(F)F)ccc3[nH]2)C1. The van der Waals surface area contributed by atoms with Gasteiger partial charge in [0.05, 0.1) is 11.0 Å². The van der Waals surface area contributed by atoms with E-state index in [1.165, 1.54) is 6.07 Å². The van der Waals surface area contributed by atoms with E-state index in [1.54, 1.807) is 29.2 Å². The number of hydrogen-bond donors (Lipinski definition) is 1. The summed E-state index contributed by atoms with van der Waals surface area (Å²) in [6.45, 7) is 1.11. The van der Waals surface area contributed by atoms with E-state index in [4.69, 9.17) is 14.2 Å². The number of nitrogens with one attached hydrogen (secondary N) is 1. The van der Waals surface area contributed by atoms with Gasteiger partial charge in [0, 0.05) is 30.8 Å². The lowest BCUT2D eigenvalue weighted by Crippen LogP contribution is -2.41. The molecule has 2 aromatic heterocycles. The quantitative estimate of drug-likeness (QED) is 0.652. The number of alkyl halides is 3. The Kier molecular flexibility index (Phi) is 5.07. The van der Waals surface area contributed by atoms with Crippen molar-refractivity contribution in [3.63, 3.8) is 0 Å². The molecular formula is C22H20F3N3O4. The molecule has 10 heteroatoms. The molecule has 1 saturated heterocycles. The van der Waals surface area contributed by atoms with Gasteiger partial charge in [-0.3, -0.25) is 4.79 Å². The van der Waals surface area contributed by atoms with Crippen LogP contribution in [0.15, 0.2) is 36.4 Å². The van der Waals surface area contributed by atoms with Crippen molar-refractivity contribution in [2.75, 3.05) is 26.5 Å². The number of nitrogens with zero attached hydrogens (tertiary/aromatic N) is 2. The minimum absolute atomic E-state index is 0.0122. The van der Waals surface area contributed by atoms with Crippen molar-refractivity contribution in [3.05, 3.63) is 47.8 Å². The molecule has 2 aliphatic heterocycles. The summed E-state index contributed by atoms with van der Waals surface area (Å²) in [5.41, 5.74) is 0.671. The predicted molar refractivity (Wildman–Crippen MR) is 108 cm³/mol. The number of hydrogen-bond acceptors (Lipinski definition) is 5. The Labute approximate surface area is 181 Å². The van der Waals surface area contributed by atoms with Crippen LogP contribution < -0.4 is 14.2 Å². The largest absolute Gasteiger partial charge is 0.484 e. The average molecular weight is 447 g/mol. The maximum absolute atomic E-state index is 12.9. The fourth-order valence-corrected chi connectivity index (χ4v) is 4.07. The third kappa shape index (κ3) is 4.04. The molecule has 1 fully saturated rings. The van der Waals surface area contributed by atoms with Crippen molar-refractivity contribution in [2.24, 2.45) is 0 Å². The first-order chi connectivity index (χ1) is 15.4. The third-order valence-corrected chi connectivity index (χ3v) is 5.71. The van der Waals surface area contributed by atoms with Crippen LogP contribution in [0.25, 0.3) is 11.0 Å². The van der Waals surface area contributed by atoms with Gasteiger partial charge in [0.25, 0.3) is 5.91 Å². The van der Waals surface area contributed by atoms with Gasteiger partial charge >= 0.3 is 6.18 Å². The highest BCUT2D eigenvalue weighted by Gasteiger charge is 2.33. The Balaban J connectivity index is 1.24. The van der Waals surface area contributed by atoms with Crippen LogP contribution in [0.1, 0.15) is 30.1 Å². The fraction of sp³-hybridized carbons (Fsp3) is 0.364. The molecule has 0 radical (unpaired) electrons. The van der Waals surface area contributed by atoms with Gasteiger partial charge in [-0.2, -0.15) is 13.2 Å². The Hall–Kier alpha value is -3.43. The highest BCUT2D eigenvalue weighted by Crippen LogP contribution is 2.35. The Morgan fingerprint density at radius 2 is 2.03 bits per heavy atom. The number of pyridine rings is 1. The molecule has 168 valence electrons. The highest BCUT2D eigenvalue weighted by molar-refractivity contribution is 5.78. The van der Waals surface area contributed by atoms with Crippen molar-refractivity contribution in [1.82, 2.24) is 14.9 Å². The summed E-state index contributed by atoms with van der Waals surface area (Å²) in [6, 6.07) is 9.12. The summed E-state index contributed by atoms with van der Waals surface area (Å²) in [7, 11) is 0. The Bertz CT molecular complexity index is 1160. The van der Waals surface area contributed by atoms with Crippen LogP contribution >= 0.6 is 0 Å². The van der Waals surface area contributed by atoms with Gasteiger partial charge in [0.2, 0.25) is 6.79 Å². The molecule has 32 heavy (non-hydrogen) atoms. The van der Waals surface area contributed by atoms with Gasteiger partial charge in [0.1, 0.15) is 11.4 Å². The van der Waals surface area contributed by atoms with Crippen LogP contribution in [0, 0.1) is 0 Å². The normalized spacial score (nSPS) is 18.2. The smallest absolute Gasteiger partial charge is 0.433 e. The lowest BCUT2D eigenvalue weighted by Gasteiger charge is -2.32. The van der Waals surface area contributed by atoms with E-state index in [0.29, 0.717) is 35.9 Å². The second-order valence-corrected chi connectivity index (χ2v) is 7.83. The molecule has 0 spiro atoms. The number of carbonyl (C=O) groups is 1. The van der Waals surface area contributed by atoms with E-state index in [2.05, 4.69) is 9.97 Å². The van der Waals surface area contributed by atoms with Gasteiger partial charge < -0.3 is 24.1 Å². The molecular weight excluding hydrogens is 427 g/mol. The number of aromatic nitrogens is 2. The standard InChI is InChI=1S/C22H20F3N3O4/c23-22(24,25)20-6-4-15-17(27-20)9-16(26-15)13-2-1-7-28(10-13)21(29)11-30-14-3-5-18-19(8-14)32-12-31-18/h3-6,8-9,13,26H,1-2,7,10-12H2/t13-/m1/s1. The first-order valence-electron chi connectivity index (χ1n) is 10.2. The molecule has 1 aromatic carbocycles. The molecule has 1 amide bonds. The van der Waals surface area contributed by atoms with E-state index < -0.39 is 11.9 Å². The summed E-state index contributed by atoms with van der Waals surface area (Å²) in [5, 5.41) is 0. The van der Waals surface area contributed by atoms with Crippen molar-refractivity contribution in [3.8, 4) is 17.2 Å². The summed E-state index contributed by atoms with van der Waals surface area (Å²) in [4.78, 5) is 21.3. The Morgan fingerprint density at radius 3 is 2.88 bits per heavy atom. The van der Waals surface area contributed by atoms with Crippen LogP contribution in [0.3, 0.4) is 0 Å². The number of halogens is 3. The molecule has 0 bridgehead atoms. The van der Waals surface area contributed by atoms with Crippen molar-refractivity contribution in [2.45, 2.75) is 24.9 Å². The minimum atomic E-state index is -4.49. The van der Waals surface area contributed by atoms with Gasteiger partial charge in [-0.15, -0.1) is 0 Å². The second kappa shape index (κ2) is 7.92. The van der Waals surface area contributed by atoms with Gasteiger partial charge in [0.15, 0.2) is 18.1 Å². The number of H-pyrrole nitrogens is 1. The van der Waals surface area contributed by atoms with Crippen LogP contribution in [0.5, 0.6) is 17.2 Å².